The maximum absolute atomic E-state index is 6.11. The lowest BCUT2D eigenvalue weighted by molar-refractivity contribution is 0.200. The van der Waals surface area contributed by atoms with Crippen LogP contribution < -0.4 is 10.5 Å². The zero-order valence-corrected chi connectivity index (χ0v) is 17.5. The molecule has 1 aliphatic heterocycles. The molecule has 1 aromatic heterocycles. The van der Waals surface area contributed by atoms with Crippen LogP contribution in [0.25, 0.3) is 17.0 Å². The predicted molar refractivity (Wildman–Crippen MR) is 121 cm³/mol. The molecular formula is C24H26ClN3O. The van der Waals surface area contributed by atoms with Crippen LogP contribution >= 0.6 is 11.6 Å². The number of aryl methyl sites for hydroxylation is 1. The molecule has 5 heteroatoms. The summed E-state index contributed by atoms with van der Waals surface area (Å²) in [7, 11) is 0. The van der Waals surface area contributed by atoms with Gasteiger partial charge in [0.05, 0.1) is 5.52 Å². The second-order valence-corrected chi connectivity index (χ2v) is 8.02. The van der Waals surface area contributed by atoms with Gasteiger partial charge in [-0.3, -0.25) is 9.88 Å². The third-order valence-electron chi connectivity index (χ3n) is 5.31. The van der Waals surface area contributed by atoms with Crippen LogP contribution in [0.1, 0.15) is 24.1 Å². The lowest BCUT2D eigenvalue weighted by atomic mass is 10.0. The Balaban J connectivity index is 1.30. The molecule has 150 valence electrons. The molecule has 0 atom stereocenters. The van der Waals surface area contributed by atoms with Crippen LogP contribution in [0.2, 0.25) is 5.02 Å². The van der Waals surface area contributed by atoms with Crippen LogP contribution in [0.15, 0.2) is 54.1 Å². The zero-order valence-electron chi connectivity index (χ0n) is 16.7. The number of fused-ring (bicyclic) bond motifs is 1. The Morgan fingerprint density at radius 2 is 1.97 bits per heavy atom. The van der Waals surface area contributed by atoms with Gasteiger partial charge in [0.1, 0.15) is 12.4 Å². The minimum absolute atomic E-state index is 0.677. The largest absolute Gasteiger partial charge is 0.492 e. The summed E-state index contributed by atoms with van der Waals surface area (Å²) in [6.45, 7) is 5.69. The van der Waals surface area contributed by atoms with E-state index in [2.05, 4.69) is 22.0 Å². The van der Waals surface area contributed by atoms with Crippen LogP contribution in [0, 0.1) is 6.92 Å². The maximum Gasteiger partial charge on any atom is 0.128 e. The Kier molecular flexibility index (Phi) is 6.02. The predicted octanol–water partition coefficient (Wildman–Crippen LogP) is 5.34. The third-order valence-corrected chi connectivity index (χ3v) is 5.53. The van der Waals surface area contributed by atoms with E-state index < -0.39 is 0 Å². The van der Waals surface area contributed by atoms with Gasteiger partial charge >= 0.3 is 0 Å². The molecule has 4 nitrogen and oxygen atoms in total. The SMILES string of the molecule is Cc1ccc2c(OCCN3CCC(=Cc4cc(N)cc(Cl)c4)CC3)cccc2n1. The number of piperidine rings is 1. The van der Waals surface area contributed by atoms with Crippen molar-refractivity contribution in [2.75, 3.05) is 32.0 Å². The van der Waals surface area contributed by atoms with Crippen molar-refractivity contribution in [1.29, 1.82) is 0 Å². The smallest absolute Gasteiger partial charge is 0.128 e. The highest BCUT2D eigenvalue weighted by atomic mass is 35.5. The van der Waals surface area contributed by atoms with Gasteiger partial charge < -0.3 is 10.5 Å². The van der Waals surface area contributed by atoms with Crippen molar-refractivity contribution in [3.05, 3.63) is 70.4 Å². The molecule has 0 saturated carbocycles. The van der Waals surface area contributed by atoms with E-state index in [-0.39, 0.29) is 0 Å². The van der Waals surface area contributed by atoms with Crippen molar-refractivity contribution in [3.63, 3.8) is 0 Å². The zero-order chi connectivity index (χ0) is 20.2. The number of rotatable bonds is 5. The summed E-state index contributed by atoms with van der Waals surface area (Å²) in [6, 6.07) is 15.9. The Bertz CT molecular complexity index is 1020. The highest BCUT2D eigenvalue weighted by Crippen LogP contribution is 2.25. The van der Waals surface area contributed by atoms with E-state index in [0.29, 0.717) is 17.3 Å². The number of hydrogen-bond acceptors (Lipinski definition) is 4. The van der Waals surface area contributed by atoms with Crippen molar-refractivity contribution in [3.8, 4) is 5.75 Å². The van der Waals surface area contributed by atoms with Crippen LogP contribution in [0.3, 0.4) is 0 Å². The monoisotopic (exact) mass is 407 g/mol. The average molecular weight is 408 g/mol. The van der Waals surface area contributed by atoms with Gasteiger partial charge in [-0.1, -0.05) is 29.3 Å². The fraction of sp³-hybridized carbons (Fsp3) is 0.292. The number of hydrogen-bond donors (Lipinski definition) is 1. The van der Waals surface area contributed by atoms with Crippen molar-refractivity contribution in [2.24, 2.45) is 0 Å². The molecular weight excluding hydrogens is 382 g/mol. The van der Waals surface area contributed by atoms with Gasteiger partial charge in [0.2, 0.25) is 0 Å². The maximum atomic E-state index is 6.11. The second kappa shape index (κ2) is 8.85. The van der Waals surface area contributed by atoms with E-state index >= 15 is 0 Å². The van der Waals surface area contributed by atoms with E-state index in [9.17, 15) is 0 Å². The number of nitrogens with two attached hydrogens (primary N) is 1. The Hall–Kier alpha value is -2.56. The van der Waals surface area contributed by atoms with Gasteiger partial charge in [-0.25, -0.2) is 0 Å². The number of anilines is 1. The van der Waals surface area contributed by atoms with Crippen molar-refractivity contribution >= 4 is 34.3 Å². The molecule has 4 rings (SSSR count). The van der Waals surface area contributed by atoms with E-state index in [0.717, 1.165) is 60.4 Å². The van der Waals surface area contributed by atoms with Gasteiger partial charge in [-0.15, -0.1) is 0 Å². The fourth-order valence-corrected chi connectivity index (χ4v) is 4.05. The molecule has 0 spiro atoms. The Labute approximate surface area is 176 Å². The van der Waals surface area contributed by atoms with E-state index in [1.807, 2.05) is 43.3 Å². The first kappa shape index (κ1) is 19.7. The summed E-state index contributed by atoms with van der Waals surface area (Å²) in [5.41, 5.74) is 11.1. The second-order valence-electron chi connectivity index (χ2n) is 7.59. The van der Waals surface area contributed by atoms with Crippen molar-refractivity contribution in [1.82, 2.24) is 9.88 Å². The van der Waals surface area contributed by atoms with E-state index in [1.165, 1.54) is 5.57 Å². The number of pyridine rings is 1. The number of likely N-dealkylation sites (tertiary alicyclic amines) is 1. The molecule has 0 amide bonds. The molecule has 0 bridgehead atoms. The summed E-state index contributed by atoms with van der Waals surface area (Å²) in [5.74, 6) is 0.908. The highest BCUT2D eigenvalue weighted by Gasteiger charge is 2.14. The lowest BCUT2D eigenvalue weighted by Gasteiger charge is -2.28. The van der Waals surface area contributed by atoms with Gasteiger partial charge in [0.15, 0.2) is 0 Å². The van der Waals surface area contributed by atoms with E-state index in [4.69, 9.17) is 22.1 Å². The van der Waals surface area contributed by atoms with Crippen LogP contribution in [-0.4, -0.2) is 36.1 Å². The van der Waals surface area contributed by atoms with Gasteiger partial charge in [-0.2, -0.15) is 0 Å². The van der Waals surface area contributed by atoms with Crippen molar-refractivity contribution in [2.45, 2.75) is 19.8 Å². The molecule has 1 fully saturated rings. The summed E-state index contributed by atoms with van der Waals surface area (Å²) in [5, 5.41) is 1.76. The Morgan fingerprint density at radius 1 is 1.14 bits per heavy atom. The molecule has 0 radical (unpaired) electrons. The number of halogens is 1. The number of nitrogen functional groups attached to an aromatic ring is 1. The molecule has 1 saturated heterocycles. The highest BCUT2D eigenvalue weighted by molar-refractivity contribution is 6.31. The first-order chi connectivity index (χ1) is 14.1. The van der Waals surface area contributed by atoms with Crippen LogP contribution in [0.4, 0.5) is 5.69 Å². The first-order valence-electron chi connectivity index (χ1n) is 10.0. The molecule has 2 aromatic carbocycles. The molecule has 1 aliphatic rings. The average Bonchev–Trinajstić information content (AvgIpc) is 2.68. The first-order valence-corrected chi connectivity index (χ1v) is 10.4. The molecule has 0 unspecified atom stereocenters. The minimum Gasteiger partial charge on any atom is -0.492 e. The standard InChI is InChI=1S/C24H26ClN3O/c1-17-5-6-22-23(27-17)3-2-4-24(22)29-12-11-28-9-7-18(8-10-28)13-19-14-20(25)16-21(26)15-19/h2-6,13-16H,7-12,26H2,1H3. The van der Waals surface area contributed by atoms with Crippen LogP contribution in [-0.2, 0) is 0 Å². The summed E-state index contributed by atoms with van der Waals surface area (Å²) in [4.78, 5) is 7.03. The molecule has 2 heterocycles. The normalized spacial score (nSPS) is 14.9. The van der Waals surface area contributed by atoms with Crippen molar-refractivity contribution < 1.29 is 4.74 Å². The molecule has 2 N–H and O–H groups in total. The lowest BCUT2D eigenvalue weighted by Crippen LogP contribution is -2.34. The van der Waals surface area contributed by atoms with Crippen LogP contribution in [0.5, 0.6) is 5.75 Å². The Morgan fingerprint density at radius 3 is 2.76 bits per heavy atom. The molecule has 0 aliphatic carbocycles. The summed E-state index contributed by atoms with van der Waals surface area (Å²) in [6.07, 6.45) is 4.34. The van der Waals surface area contributed by atoms with Gasteiger partial charge in [0, 0.05) is 41.4 Å². The summed E-state index contributed by atoms with van der Waals surface area (Å²) < 4.78 is 6.09. The number of aromatic nitrogens is 1. The molecule has 29 heavy (non-hydrogen) atoms. The van der Waals surface area contributed by atoms with Gasteiger partial charge in [-0.05, 0) is 67.8 Å². The number of nitrogens with zero attached hydrogens (tertiary/aromatic N) is 2. The number of ether oxygens (including phenoxy) is 1. The number of benzene rings is 2. The topological polar surface area (TPSA) is 51.4 Å². The van der Waals surface area contributed by atoms with E-state index in [1.54, 1.807) is 6.07 Å². The fourth-order valence-electron chi connectivity index (χ4n) is 3.80. The third kappa shape index (κ3) is 5.08. The van der Waals surface area contributed by atoms with Gasteiger partial charge in [0.25, 0.3) is 0 Å². The summed E-state index contributed by atoms with van der Waals surface area (Å²) >= 11 is 6.11. The minimum atomic E-state index is 0.677. The molecule has 3 aromatic rings. The quantitative estimate of drug-likeness (QED) is 0.580.